The Kier molecular flexibility index (Phi) is 3.08. The molecule has 0 N–H and O–H groups in total. The molecule has 0 unspecified atom stereocenters. The lowest BCUT2D eigenvalue weighted by molar-refractivity contribution is 0.385. The summed E-state index contributed by atoms with van der Waals surface area (Å²) in [6.07, 6.45) is 4.00. The molecule has 0 fully saturated rings. The highest BCUT2D eigenvalue weighted by Crippen LogP contribution is 2.20. The lowest BCUT2D eigenvalue weighted by atomic mass is 10.2. The number of rotatable bonds is 3. The summed E-state index contributed by atoms with van der Waals surface area (Å²) in [5.74, 6) is 1.14. The minimum atomic E-state index is 0.563. The summed E-state index contributed by atoms with van der Waals surface area (Å²) in [5.41, 5.74) is 1.85. The van der Waals surface area contributed by atoms with Crippen molar-refractivity contribution in [3.8, 4) is 11.4 Å². The molecule has 0 saturated heterocycles. The molecule has 5 nitrogen and oxygen atoms in total. The van der Waals surface area contributed by atoms with Crippen molar-refractivity contribution in [3.63, 3.8) is 0 Å². The van der Waals surface area contributed by atoms with Crippen molar-refractivity contribution in [2.24, 2.45) is 0 Å². The molecule has 0 aliphatic heterocycles. The maximum Gasteiger partial charge on any atom is 0.233 e. The summed E-state index contributed by atoms with van der Waals surface area (Å²) in [4.78, 5) is 14.1. The average molecular weight is 272 g/mol. The minimum Gasteiger partial charge on any atom is -0.339 e. The van der Waals surface area contributed by atoms with Crippen LogP contribution in [0.4, 0.5) is 0 Å². The molecule has 0 aliphatic carbocycles. The number of aromatic nitrogens is 4. The third-order valence-corrected chi connectivity index (χ3v) is 3.63. The quantitative estimate of drug-likeness (QED) is 0.733. The molecule has 0 aromatic carbocycles. The second-order valence-corrected chi connectivity index (χ2v) is 5.57. The van der Waals surface area contributed by atoms with Crippen molar-refractivity contribution in [2.75, 3.05) is 0 Å². The standard InChI is InChI=1S/C13H12N4OS/c1-8-11(15-9(2)19-8)6-12-16-13(17-18-12)10-4-3-5-14-7-10/h3-5,7H,6H2,1-2H3. The first-order valence-electron chi connectivity index (χ1n) is 5.88. The smallest absolute Gasteiger partial charge is 0.233 e. The predicted molar refractivity (Wildman–Crippen MR) is 71.9 cm³/mol. The highest BCUT2D eigenvalue weighted by molar-refractivity contribution is 7.11. The van der Waals surface area contributed by atoms with E-state index in [4.69, 9.17) is 4.52 Å². The number of nitrogens with zero attached hydrogens (tertiary/aromatic N) is 4. The maximum absolute atomic E-state index is 5.26. The van der Waals surface area contributed by atoms with Crippen LogP contribution in [0.2, 0.25) is 0 Å². The molecule has 96 valence electrons. The van der Waals surface area contributed by atoms with Crippen molar-refractivity contribution in [1.29, 1.82) is 0 Å². The Labute approximate surface area is 114 Å². The van der Waals surface area contributed by atoms with Crippen molar-refractivity contribution >= 4 is 11.3 Å². The summed E-state index contributed by atoms with van der Waals surface area (Å²) in [7, 11) is 0. The first-order valence-corrected chi connectivity index (χ1v) is 6.70. The Morgan fingerprint density at radius 1 is 1.26 bits per heavy atom. The first kappa shape index (κ1) is 12.0. The van der Waals surface area contributed by atoms with Crippen molar-refractivity contribution in [1.82, 2.24) is 20.1 Å². The minimum absolute atomic E-state index is 0.563. The molecule has 0 spiro atoms. The van der Waals surface area contributed by atoms with Gasteiger partial charge in [-0.1, -0.05) is 5.16 Å². The van der Waals surface area contributed by atoms with E-state index in [1.165, 1.54) is 4.88 Å². The van der Waals surface area contributed by atoms with Gasteiger partial charge in [0.1, 0.15) is 0 Å². The molecule has 0 saturated carbocycles. The lowest BCUT2D eigenvalue weighted by Crippen LogP contribution is -1.91. The number of hydrogen-bond acceptors (Lipinski definition) is 6. The third kappa shape index (κ3) is 2.53. The zero-order valence-electron chi connectivity index (χ0n) is 10.6. The summed E-state index contributed by atoms with van der Waals surface area (Å²) in [6.45, 7) is 4.05. The molecule has 19 heavy (non-hydrogen) atoms. The lowest BCUT2D eigenvalue weighted by Gasteiger charge is -1.92. The van der Waals surface area contributed by atoms with Gasteiger partial charge in [0.15, 0.2) is 0 Å². The van der Waals surface area contributed by atoms with Crippen LogP contribution >= 0.6 is 11.3 Å². The number of aryl methyl sites for hydroxylation is 2. The second-order valence-electron chi connectivity index (χ2n) is 4.17. The van der Waals surface area contributed by atoms with E-state index in [0.29, 0.717) is 18.1 Å². The number of thiazole rings is 1. The Hall–Kier alpha value is -2.08. The van der Waals surface area contributed by atoms with Crippen LogP contribution in [0, 0.1) is 13.8 Å². The van der Waals surface area contributed by atoms with E-state index in [9.17, 15) is 0 Å². The second kappa shape index (κ2) is 4.89. The number of hydrogen-bond donors (Lipinski definition) is 0. The molecule has 6 heteroatoms. The zero-order valence-corrected chi connectivity index (χ0v) is 11.4. The summed E-state index contributed by atoms with van der Waals surface area (Å²) in [6, 6.07) is 3.75. The Bertz CT molecular complexity index is 690. The van der Waals surface area contributed by atoms with Crippen LogP contribution in [0.25, 0.3) is 11.4 Å². The molecule has 3 heterocycles. The van der Waals surface area contributed by atoms with Crippen LogP contribution in [0.1, 0.15) is 21.5 Å². The van der Waals surface area contributed by atoms with E-state index in [1.54, 1.807) is 23.7 Å². The molecule has 0 bridgehead atoms. The van der Waals surface area contributed by atoms with E-state index < -0.39 is 0 Å². The van der Waals surface area contributed by atoms with Crippen LogP contribution < -0.4 is 0 Å². The maximum atomic E-state index is 5.26. The Morgan fingerprint density at radius 2 is 2.16 bits per heavy atom. The van der Waals surface area contributed by atoms with Gasteiger partial charge in [-0.25, -0.2) is 4.98 Å². The third-order valence-electron chi connectivity index (χ3n) is 2.71. The zero-order chi connectivity index (χ0) is 13.2. The van der Waals surface area contributed by atoms with E-state index in [2.05, 4.69) is 27.0 Å². The summed E-state index contributed by atoms with van der Waals surface area (Å²) in [5, 5.41) is 5.02. The molecular weight excluding hydrogens is 260 g/mol. The molecule has 0 radical (unpaired) electrons. The molecule has 3 rings (SSSR count). The Morgan fingerprint density at radius 3 is 2.84 bits per heavy atom. The predicted octanol–water partition coefficient (Wildman–Crippen LogP) is 2.80. The summed E-state index contributed by atoms with van der Waals surface area (Å²) < 4.78 is 5.26. The highest BCUT2D eigenvalue weighted by atomic mass is 32.1. The molecule has 0 atom stereocenters. The molecular formula is C13H12N4OS. The van der Waals surface area contributed by atoms with Crippen LogP contribution in [0.3, 0.4) is 0 Å². The van der Waals surface area contributed by atoms with Gasteiger partial charge in [0, 0.05) is 22.8 Å². The van der Waals surface area contributed by atoms with Gasteiger partial charge in [-0.15, -0.1) is 11.3 Å². The fourth-order valence-corrected chi connectivity index (χ4v) is 2.65. The van der Waals surface area contributed by atoms with Crippen molar-refractivity contribution < 1.29 is 4.52 Å². The Balaban J connectivity index is 1.84. The van der Waals surface area contributed by atoms with Gasteiger partial charge in [-0.3, -0.25) is 4.98 Å². The fourth-order valence-electron chi connectivity index (χ4n) is 1.82. The monoisotopic (exact) mass is 272 g/mol. The molecule has 0 aliphatic rings. The van der Waals surface area contributed by atoms with Gasteiger partial charge in [0.05, 0.1) is 17.1 Å². The average Bonchev–Trinajstić information content (AvgIpc) is 2.99. The van der Waals surface area contributed by atoms with Gasteiger partial charge in [0.2, 0.25) is 11.7 Å². The van der Waals surface area contributed by atoms with Crippen molar-refractivity contribution in [2.45, 2.75) is 20.3 Å². The van der Waals surface area contributed by atoms with E-state index in [0.717, 1.165) is 16.3 Å². The van der Waals surface area contributed by atoms with E-state index in [-0.39, 0.29) is 0 Å². The van der Waals surface area contributed by atoms with Crippen LogP contribution in [-0.4, -0.2) is 20.1 Å². The van der Waals surface area contributed by atoms with Crippen molar-refractivity contribution in [3.05, 3.63) is 46.0 Å². The van der Waals surface area contributed by atoms with Gasteiger partial charge < -0.3 is 4.52 Å². The molecule has 3 aromatic heterocycles. The fraction of sp³-hybridized carbons (Fsp3) is 0.231. The van der Waals surface area contributed by atoms with Crippen LogP contribution in [-0.2, 0) is 6.42 Å². The van der Waals surface area contributed by atoms with Gasteiger partial charge >= 0.3 is 0 Å². The normalized spacial score (nSPS) is 10.8. The highest BCUT2D eigenvalue weighted by Gasteiger charge is 2.12. The SMILES string of the molecule is Cc1nc(Cc2nc(-c3cccnc3)no2)c(C)s1. The van der Waals surface area contributed by atoms with Gasteiger partial charge in [-0.05, 0) is 26.0 Å². The van der Waals surface area contributed by atoms with Crippen LogP contribution in [0.15, 0.2) is 29.0 Å². The first-order chi connectivity index (χ1) is 9.22. The number of pyridine rings is 1. The van der Waals surface area contributed by atoms with E-state index in [1.807, 2.05) is 19.1 Å². The largest absolute Gasteiger partial charge is 0.339 e. The summed E-state index contributed by atoms with van der Waals surface area (Å²) >= 11 is 1.68. The molecule has 0 amide bonds. The van der Waals surface area contributed by atoms with E-state index >= 15 is 0 Å². The van der Waals surface area contributed by atoms with Gasteiger partial charge in [-0.2, -0.15) is 4.98 Å². The molecule has 3 aromatic rings. The van der Waals surface area contributed by atoms with Gasteiger partial charge in [0.25, 0.3) is 0 Å². The topological polar surface area (TPSA) is 64.7 Å². The van der Waals surface area contributed by atoms with Crippen LogP contribution in [0.5, 0.6) is 0 Å².